The first-order valence-corrected chi connectivity index (χ1v) is 10.1. The standard InChI is InChI=1S/C22H20FN3O6S/c1-31-19(28)12-25(22(33)24-15-7-5-14(23)6-8-15)17-11-18(27)26(20(17)29)16-9-3-13(4-10-16)21(30)32-2/h3-10,17H,11-12H2,1-2H3,(H,24,33). The third-order valence-corrected chi connectivity index (χ3v) is 5.27. The lowest BCUT2D eigenvalue weighted by atomic mass is 10.2. The molecular formula is C22H20FN3O6S. The molecule has 1 N–H and O–H groups in total. The van der Waals surface area contributed by atoms with Gasteiger partial charge in [0.15, 0.2) is 5.11 Å². The van der Waals surface area contributed by atoms with Crippen molar-refractivity contribution < 1.29 is 33.0 Å². The summed E-state index contributed by atoms with van der Waals surface area (Å²) in [6.07, 6.45) is -0.236. The third-order valence-electron chi connectivity index (χ3n) is 4.93. The number of hydrogen-bond acceptors (Lipinski definition) is 7. The quantitative estimate of drug-likeness (QED) is 0.384. The van der Waals surface area contributed by atoms with Crippen molar-refractivity contribution in [2.45, 2.75) is 12.5 Å². The number of halogens is 1. The average Bonchev–Trinajstić information content (AvgIpc) is 3.11. The summed E-state index contributed by atoms with van der Waals surface area (Å²) < 4.78 is 22.5. The Bertz CT molecular complexity index is 1090. The van der Waals surface area contributed by atoms with E-state index in [1.807, 2.05) is 0 Å². The van der Waals surface area contributed by atoms with Crippen molar-refractivity contribution in [2.75, 3.05) is 31.0 Å². The van der Waals surface area contributed by atoms with Crippen LogP contribution in [0.3, 0.4) is 0 Å². The zero-order valence-electron chi connectivity index (χ0n) is 17.7. The molecule has 1 fully saturated rings. The zero-order chi connectivity index (χ0) is 24.1. The van der Waals surface area contributed by atoms with Gasteiger partial charge in [-0.05, 0) is 60.7 Å². The fraction of sp³-hybridized carbons (Fsp3) is 0.227. The molecule has 0 saturated carbocycles. The van der Waals surface area contributed by atoms with Gasteiger partial charge in [-0.25, -0.2) is 14.1 Å². The molecule has 1 unspecified atom stereocenters. The number of carbonyl (C=O) groups is 4. The molecule has 1 atom stereocenters. The first kappa shape index (κ1) is 23.8. The first-order valence-electron chi connectivity index (χ1n) is 9.70. The summed E-state index contributed by atoms with van der Waals surface area (Å²) >= 11 is 5.38. The van der Waals surface area contributed by atoms with Gasteiger partial charge < -0.3 is 19.7 Å². The van der Waals surface area contributed by atoms with Crippen LogP contribution in [-0.2, 0) is 23.9 Å². The van der Waals surface area contributed by atoms with E-state index in [0.29, 0.717) is 5.69 Å². The molecule has 2 amide bonds. The summed E-state index contributed by atoms with van der Waals surface area (Å²) in [6, 6.07) is 10.0. The van der Waals surface area contributed by atoms with E-state index in [9.17, 15) is 23.6 Å². The minimum atomic E-state index is -1.07. The molecule has 1 saturated heterocycles. The number of ether oxygens (including phenoxy) is 2. The van der Waals surface area contributed by atoms with Gasteiger partial charge in [0.25, 0.3) is 5.91 Å². The van der Waals surface area contributed by atoms with Crippen molar-refractivity contribution in [2.24, 2.45) is 0 Å². The summed E-state index contributed by atoms with van der Waals surface area (Å²) in [5.41, 5.74) is 0.952. The Kier molecular flexibility index (Phi) is 7.34. The highest BCUT2D eigenvalue weighted by Crippen LogP contribution is 2.27. The van der Waals surface area contributed by atoms with Crippen LogP contribution in [0, 0.1) is 5.82 Å². The highest BCUT2D eigenvalue weighted by Gasteiger charge is 2.44. The molecule has 33 heavy (non-hydrogen) atoms. The van der Waals surface area contributed by atoms with Crippen LogP contribution in [0.2, 0.25) is 0 Å². The van der Waals surface area contributed by atoms with E-state index >= 15 is 0 Å². The number of methoxy groups -OCH3 is 2. The van der Waals surface area contributed by atoms with Gasteiger partial charge in [-0.3, -0.25) is 14.4 Å². The fourth-order valence-corrected chi connectivity index (χ4v) is 3.56. The number of thiocarbonyl (C=S) groups is 1. The van der Waals surface area contributed by atoms with Crippen LogP contribution in [0.15, 0.2) is 48.5 Å². The molecule has 0 spiro atoms. The van der Waals surface area contributed by atoms with Gasteiger partial charge in [-0.15, -0.1) is 0 Å². The number of rotatable bonds is 6. The maximum atomic E-state index is 13.2. The monoisotopic (exact) mass is 473 g/mol. The first-order chi connectivity index (χ1) is 15.7. The summed E-state index contributed by atoms with van der Waals surface area (Å²) in [5, 5.41) is 2.83. The van der Waals surface area contributed by atoms with Crippen LogP contribution in [0.25, 0.3) is 0 Å². The molecule has 0 aliphatic carbocycles. The molecule has 2 aromatic carbocycles. The second kappa shape index (κ2) is 10.2. The number of benzene rings is 2. The van der Waals surface area contributed by atoms with Crippen LogP contribution in [0.4, 0.5) is 15.8 Å². The van der Waals surface area contributed by atoms with Crippen LogP contribution < -0.4 is 10.2 Å². The van der Waals surface area contributed by atoms with Crippen LogP contribution >= 0.6 is 12.2 Å². The van der Waals surface area contributed by atoms with Gasteiger partial charge in [0.2, 0.25) is 5.91 Å². The minimum Gasteiger partial charge on any atom is -0.468 e. The van der Waals surface area contributed by atoms with Gasteiger partial charge in [0.05, 0.1) is 31.9 Å². The Balaban J connectivity index is 1.84. The van der Waals surface area contributed by atoms with Gasteiger partial charge in [-0.1, -0.05) is 0 Å². The number of nitrogens with one attached hydrogen (secondary N) is 1. The van der Waals surface area contributed by atoms with Crippen molar-refractivity contribution in [3.8, 4) is 0 Å². The second-order valence-electron chi connectivity index (χ2n) is 6.97. The average molecular weight is 473 g/mol. The lowest BCUT2D eigenvalue weighted by molar-refractivity contribution is -0.141. The van der Waals surface area contributed by atoms with E-state index < -0.39 is 35.6 Å². The Morgan fingerprint density at radius 3 is 2.30 bits per heavy atom. The van der Waals surface area contributed by atoms with Crippen molar-refractivity contribution in [3.63, 3.8) is 0 Å². The maximum Gasteiger partial charge on any atom is 0.337 e. The topological polar surface area (TPSA) is 105 Å². The summed E-state index contributed by atoms with van der Waals surface area (Å²) in [7, 11) is 2.43. The van der Waals surface area contributed by atoms with Gasteiger partial charge in [-0.2, -0.15) is 0 Å². The van der Waals surface area contributed by atoms with Crippen molar-refractivity contribution in [3.05, 3.63) is 59.9 Å². The lowest BCUT2D eigenvalue weighted by Gasteiger charge is -2.29. The largest absolute Gasteiger partial charge is 0.468 e. The van der Waals surface area contributed by atoms with Gasteiger partial charge in [0.1, 0.15) is 18.4 Å². The summed E-state index contributed by atoms with van der Waals surface area (Å²) in [4.78, 5) is 51.8. The fourth-order valence-electron chi connectivity index (χ4n) is 3.25. The number of carbonyl (C=O) groups excluding carboxylic acids is 4. The van der Waals surface area contributed by atoms with Crippen molar-refractivity contribution in [1.82, 2.24) is 4.90 Å². The maximum absolute atomic E-state index is 13.2. The molecule has 1 aliphatic heterocycles. The van der Waals surface area contributed by atoms with E-state index in [4.69, 9.17) is 17.0 Å². The number of imide groups is 1. The number of hydrogen-bond donors (Lipinski definition) is 1. The molecule has 11 heteroatoms. The van der Waals surface area contributed by atoms with Crippen LogP contribution in [-0.4, -0.2) is 60.6 Å². The number of nitrogens with zero attached hydrogens (tertiary/aromatic N) is 2. The molecule has 0 radical (unpaired) electrons. The van der Waals surface area contributed by atoms with Gasteiger partial charge >= 0.3 is 11.9 Å². The molecule has 9 nitrogen and oxygen atoms in total. The lowest BCUT2D eigenvalue weighted by Crippen LogP contribution is -2.49. The number of esters is 2. The number of anilines is 2. The number of amides is 2. The molecule has 1 aliphatic rings. The van der Waals surface area contributed by atoms with E-state index in [1.165, 1.54) is 67.7 Å². The SMILES string of the molecule is COC(=O)CN(C(=S)Nc1ccc(F)cc1)C1CC(=O)N(c2ccc(C(=O)OC)cc2)C1=O. The zero-order valence-corrected chi connectivity index (χ0v) is 18.6. The summed E-state index contributed by atoms with van der Waals surface area (Å²) in [5.74, 6) is -2.77. The van der Waals surface area contributed by atoms with E-state index in [2.05, 4.69) is 10.1 Å². The molecule has 0 bridgehead atoms. The smallest absolute Gasteiger partial charge is 0.337 e. The van der Waals surface area contributed by atoms with Crippen LogP contribution in [0.5, 0.6) is 0 Å². The minimum absolute atomic E-state index is 0.0129. The second-order valence-corrected chi connectivity index (χ2v) is 7.35. The molecule has 2 aromatic rings. The highest BCUT2D eigenvalue weighted by atomic mass is 32.1. The van der Waals surface area contributed by atoms with E-state index in [0.717, 1.165) is 4.90 Å². The van der Waals surface area contributed by atoms with E-state index in [-0.39, 0.29) is 29.3 Å². The predicted octanol–water partition coefficient (Wildman–Crippen LogP) is 2.12. The van der Waals surface area contributed by atoms with E-state index in [1.54, 1.807) is 0 Å². The third kappa shape index (κ3) is 5.32. The summed E-state index contributed by atoms with van der Waals surface area (Å²) in [6.45, 7) is -0.387. The highest BCUT2D eigenvalue weighted by molar-refractivity contribution is 7.80. The molecular weight excluding hydrogens is 453 g/mol. The molecule has 1 heterocycles. The van der Waals surface area contributed by atoms with Crippen molar-refractivity contribution in [1.29, 1.82) is 0 Å². The Morgan fingerprint density at radius 2 is 1.73 bits per heavy atom. The molecule has 172 valence electrons. The molecule has 3 rings (SSSR count). The Hall–Kier alpha value is -3.86. The van der Waals surface area contributed by atoms with Gasteiger partial charge in [0, 0.05) is 5.69 Å². The van der Waals surface area contributed by atoms with Crippen molar-refractivity contribution >= 4 is 52.5 Å². The Labute approximate surface area is 194 Å². The normalized spacial score (nSPS) is 15.2. The van der Waals surface area contributed by atoms with Crippen LogP contribution in [0.1, 0.15) is 16.8 Å². The Morgan fingerprint density at radius 1 is 1.09 bits per heavy atom. The molecule has 0 aromatic heterocycles. The predicted molar refractivity (Wildman–Crippen MR) is 120 cm³/mol.